The predicted octanol–water partition coefficient (Wildman–Crippen LogP) is 3.57. The summed E-state index contributed by atoms with van der Waals surface area (Å²) < 4.78 is 5.11. The minimum atomic E-state index is 0.724. The van der Waals surface area contributed by atoms with Crippen LogP contribution >= 0.6 is 0 Å². The molecular weight excluding hydrogens is 172 g/mol. The van der Waals surface area contributed by atoms with Gasteiger partial charge in [-0.2, -0.15) is 0 Å². The monoisotopic (exact) mass is 192 g/mol. The normalized spacial score (nSPS) is 10.4. The summed E-state index contributed by atoms with van der Waals surface area (Å²) in [5, 5.41) is 0. The molecule has 0 atom stereocenters. The molecule has 0 bridgehead atoms. The van der Waals surface area contributed by atoms with Crippen molar-refractivity contribution in [3.8, 4) is 0 Å². The molecule has 0 saturated carbocycles. The van der Waals surface area contributed by atoms with Gasteiger partial charge in [-0.25, -0.2) is 0 Å². The molecule has 78 valence electrons. The Labute approximate surface area is 87.1 Å². The maximum atomic E-state index is 5.11. The molecular formula is C13H20O. The number of benzene rings is 1. The first kappa shape index (κ1) is 11.3. The van der Waals surface area contributed by atoms with E-state index in [0.717, 1.165) is 6.61 Å². The number of methoxy groups -OCH3 is 1. The Balaban J connectivity index is 2.46. The molecule has 0 N–H and O–H groups in total. The fraction of sp³-hybridized carbons (Fsp3) is 0.538. The Morgan fingerprint density at radius 2 is 1.93 bits per heavy atom. The maximum absolute atomic E-state index is 5.11. The van der Waals surface area contributed by atoms with Gasteiger partial charge >= 0.3 is 0 Å². The van der Waals surface area contributed by atoms with Gasteiger partial charge in [-0.3, -0.25) is 0 Å². The fourth-order valence-electron chi connectivity index (χ4n) is 1.62. The Morgan fingerprint density at radius 1 is 1.14 bits per heavy atom. The Kier molecular flexibility index (Phi) is 5.31. The van der Waals surface area contributed by atoms with E-state index in [1.54, 1.807) is 7.11 Å². The summed E-state index contributed by atoms with van der Waals surface area (Å²) in [5.74, 6) is 0. The van der Waals surface area contributed by atoms with Crippen LogP contribution in [0.5, 0.6) is 0 Å². The number of rotatable bonds is 6. The number of hydrogen-bond acceptors (Lipinski definition) is 1. The molecule has 0 aliphatic heterocycles. The highest BCUT2D eigenvalue weighted by Crippen LogP contribution is 2.10. The molecule has 1 nitrogen and oxygen atoms in total. The number of hydrogen-bond donors (Lipinski definition) is 0. The molecule has 0 fully saturated rings. The van der Waals surface area contributed by atoms with E-state index in [4.69, 9.17) is 4.74 Å². The molecule has 14 heavy (non-hydrogen) atoms. The zero-order valence-electron chi connectivity index (χ0n) is 9.25. The van der Waals surface area contributed by atoms with Crippen molar-refractivity contribution in [1.82, 2.24) is 0 Å². The van der Waals surface area contributed by atoms with Gasteiger partial charge in [-0.1, -0.05) is 44.0 Å². The molecule has 1 rings (SSSR count). The summed E-state index contributed by atoms with van der Waals surface area (Å²) in [6.45, 7) is 2.96. The maximum Gasteiger partial charge on any atom is 0.0713 e. The number of ether oxygens (including phenoxy) is 1. The summed E-state index contributed by atoms with van der Waals surface area (Å²) in [4.78, 5) is 0. The van der Waals surface area contributed by atoms with E-state index in [0.29, 0.717) is 0 Å². The second-order valence-corrected chi connectivity index (χ2v) is 3.71. The van der Waals surface area contributed by atoms with Gasteiger partial charge in [0.2, 0.25) is 0 Å². The van der Waals surface area contributed by atoms with Gasteiger partial charge in [0, 0.05) is 7.11 Å². The molecule has 0 aromatic heterocycles. The van der Waals surface area contributed by atoms with Crippen LogP contribution < -0.4 is 0 Å². The van der Waals surface area contributed by atoms with Gasteiger partial charge < -0.3 is 4.74 Å². The molecule has 0 unspecified atom stereocenters. The minimum absolute atomic E-state index is 0.724. The van der Waals surface area contributed by atoms with Crippen LogP contribution in [0.25, 0.3) is 0 Å². The van der Waals surface area contributed by atoms with E-state index in [-0.39, 0.29) is 0 Å². The standard InChI is InChI=1S/C13H20O/c1-3-4-5-7-12-8-6-9-13(10-12)11-14-2/h6,8-10H,3-5,7,11H2,1-2H3. The van der Waals surface area contributed by atoms with Crippen molar-refractivity contribution in [2.24, 2.45) is 0 Å². The van der Waals surface area contributed by atoms with E-state index < -0.39 is 0 Å². The minimum Gasteiger partial charge on any atom is -0.380 e. The fourth-order valence-corrected chi connectivity index (χ4v) is 1.62. The summed E-state index contributed by atoms with van der Waals surface area (Å²) >= 11 is 0. The van der Waals surface area contributed by atoms with Gasteiger partial charge in [-0.15, -0.1) is 0 Å². The SMILES string of the molecule is CCCCCc1cccc(COC)c1. The number of aryl methyl sites for hydroxylation is 1. The molecule has 0 heterocycles. The lowest BCUT2D eigenvalue weighted by atomic mass is 10.1. The average molecular weight is 192 g/mol. The van der Waals surface area contributed by atoms with Crippen LogP contribution in [-0.2, 0) is 17.8 Å². The quantitative estimate of drug-likeness (QED) is 0.626. The lowest BCUT2D eigenvalue weighted by Crippen LogP contribution is -1.90. The highest BCUT2D eigenvalue weighted by molar-refractivity contribution is 5.23. The first-order chi connectivity index (χ1) is 6.86. The van der Waals surface area contributed by atoms with Crippen LogP contribution in [-0.4, -0.2) is 7.11 Å². The van der Waals surface area contributed by atoms with Crippen molar-refractivity contribution in [2.75, 3.05) is 7.11 Å². The van der Waals surface area contributed by atoms with Crippen LogP contribution in [0.2, 0.25) is 0 Å². The third-order valence-electron chi connectivity index (χ3n) is 2.37. The van der Waals surface area contributed by atoms with Crippen LogP contribution in [0.15, 0.2) is 24.3 Å². The first-order valence-electron chi connectivity index (χ1n) is 5.43. The van der Waals surface area contributed by atoms with E-state index >= 15 is 0 Å². The lowest BCUT2D eigenvalue weighted by molar-refractivity contribution is 0.185. The molecule has 0 radical (unpaired) electrons. The summed E-state index contributed by atoms with van der Waals surface area (Å²) in [6.07, 6.45) is 5.12. The molecule has 1 aromatic rings. The van der Waals surface area contributed by atoms with E-state index in [1.165, 1.54) is 36.8 Å². The average Bonchev–Trinajstić information content (AvgIpc) is 2.19. The molecule has 0 aliphatic rings. The molecule has 1 heteroatoms. The van der Waals surface area contributed by atoms with E-state index in [2.05, 4.69) is 31.2 Å². The lowest BCUT2D eigenvalue weighted by Gasteiger charge is -2.04. The number of unbranched alkanes of at least 4 members (excludes halogenated alkanes) is 2. The van der Waals surface area contributed by atoms with Crippen LogP contribution in [0.1, 0.15) is 37.3 Å². The van der Waals surface area contributed by atoms with Crippen molar-refractivity contribution in [3.05, 3.63) is 35.4 Å². The van der Waals surface area contributed by atoms with Gasteiger partial charge in [0.05, 0.1) is 6.61 Å². The summed E-state index contributed by atoms with van der Waals surface area (Å²) in [6, 6.07) is 8.69. The molecule has 0 amide bonds. The Hall–Kier alpha value is -0.820. The van der Waals surface area contributed by atoms with Crippen molar-refractivity contribution >= 4 is 0 Å². The van der Waals surface area contributed by atoms with Crippen molar-refractivity contribution in [2.45, 2.75) is 39.2 Å². The highest BCUT2D eigenvalue weighted by Gasteiger charge is 1.95. The zero-order valence-corrected chi connectivity index (χ0v) is 9.25. The predicted molar refractivity (Wildman–Crippen MR) is 60.4 cm³/mol. The second-order valence-electron chi connectivity index (χ2n) is 3.71. The van der Waals surface area contributed by atoms with Crippen molar-refractivity contribution in [3.63, 3.8) is 0 Å². The molecule has 0 aliphatic carbocycles. The largest absolute Gasteiger partial charge is 0.380 e. The second kappa shape index (κ2) is 6.61. The highest BCUT2D eigenvalue weighted by atomic mass is 16.5. The van der Waals surface area contributed by atoms with Crippen LogP contribution in [0, 0.1) is 0 Å². The van der Waals surface area contributed by atoms with Crippen LogP contribution in [0.3, 0.4) is 0 Å². The summed E-state index contributed by atoms with van der Waals surface area (Å²) in [5.41, 5.74) is 2.72. The van der Waals surface area contributed by atoms with Gasteiger partial charge in [0.15, 0.2) is 0 Å². The topological polar surface area (TPSA) is 9.23 Å². The summed E-state index contributed by atoms with van der Waals surface area (Å²) in [7, 11) is 1.74. The molecule has 0 saturated heterocycles. The Bertz CT molecular complexity index is 255. The Morgan fingerprint density at radius 3 is 2.64 bits per heavy atom. The van der Waals surface area contributed by atoms with Gasteiger partial charge in [0.1, 0.15) is 0 Å². The molecule has 1 aromatic carbocycles. The first-order valence-corrected chi connectivity index (χ1v) is 5.43. The zero-order chi connectivity index (χ0) is 10.2. The smallest absolute Gasteiger partial charge is 0.0713 e. The van der Waals surface area contributed by atoms with Crippen molar-refractivity contribution < 1.29 is 4.74 Å². The molecule has 0 spiro atoms. The third kappa shape index (κ3) is 3.93. The third-order valence-corrected chi connectivity index (χ3v) is 2.37. The van der Waals surface area contributed by atoms with Gasteiger partial charge in [0.25, 0.3) is 0 Å². The van der Waals surface area contributed by atoms with Gasteiger partial charge in [-0.05, 0) is 24.0 Å². The van der Waals surface area contributed by atoms with Crippen LogP contribution in [0.4, 0.5) is 0 Å². The van der Waals surface area contributed by atoms with Crippen molar-refractivity contribution in [1.29, 1.82) is 0 Å². The van der Waals surface area contributed by atoms with E-state index in [1.807, 2.05) is 0 Å². The van der Waals surface area contributed by atoms with E-state index in [9.17, 15) is 0 Å².